The molecular weight excluding hydrogens is 173 g/mol. The van der Waals surface area contributed by atoms with E-state index in [-0.39, 0.29) is 4.90 Å². The molecule has 0 saturated carbocycles. The zero-order valence-corrected chi connectivity index (χ0v) is 6.17. The molecule has 0 spiro atoms. The standard InChI is InChI=1S/C7H5F3S/c8-7(9,10)5-2-1-3-6(11)4-5/h1-4,11H/p-1. The molecule has 0 aliphatic carbocycles. The highest BCUT2D eigenvalue weighted by atomic mass is 32.1. The van der Waals surface area contributed by atoms with Crippen LogP contribution >= 0.6 is 0 Å². The van der Waals surface area contributed by atoms with Crippen LogP contribution in [0.4, 0.5) is 13.2 Å². The van der Waals surface area contributed by atoms with Crippen LogP contribution in [0.1, 0.15) is 5.56 Å². The van der Waals surface area contributed by atoms with E-state index in [2.05, 4.69) is 12.6 Å². The van der Waals surface area contributed by atoms with Gasteiger partial charge in [0.15, 0.2) is 0 Å². The zero-order valence-electron chi connectivity index (χ0n) is 5.35. The summed E-state index contributed by atoms with van der Waals surface area (Å²) in [6.45, 7) is 0. The third-order valence-electron chi connectivity index (χ3n) is 1.16. The first-order chi connectivity index (χ1) is 5.00. The molecule has 0 atom stereocenters. The highest BCUT2D eigenvalue weighted by Gasteiger charge is 2.29. The molecule has 0 bridgehead atoms. The van der Waals surface area contributed by atoms with E-state index in [9.17, 15) is 13.2 Å². The Morgan fingerprint density at radius 2 is 1.82 bits per heavy atom. The molecule has 0 saturated heterocycles. The first-order valence-corrected chi connectivity index (χ1v) is 3.25. The van der Waals surface area contributed by atoms with Crippen LogP contribution in [0.2, 0.25) is 0 Å². The van der Waals surface area contributed by atoms with Crippen molar-refractivity contribution in [1.29, 1.82) is 0 Å². The van der Waals surface area contributed by atoms with E-state index in [0.29, 0.717) is 0 Å². The SMILES string of the molecule is FC(F)(F)c1cccc([S-])c1. The third kappa shape index (κ3) is 2.08. The minimum Gasteiger partial charge on any atom is -0.780 e. The Bertz CT molecular complexity index is 254. The Hall–Kier alpha value is -0.770. The molecule has 0 heterocycles. The smallest absolute Gasteiger partial charge is 0.416 e. The van der Waals surface area contributed by atoms with Crippen molar-refractivity contribution in [2.45, 2.75) is 11.1 Å². The summed E-state index contributed by atoms with van der Waals surface area (Å²) in [5.74, 6) is 0. The lowest BCUT2D eigenvalue weighted by atomic mass is 10.2. The topological polar surface area (TPSA) is 0 Å². The molecule has 0 aliphatic heterocycles. The van der Waals surface area contributed by atoms with E-state index < -0.39 is 11.7 Å². The van der Waals surface area contributed by atoms with Gasteiger partial charge in [0.1, 0.15) is 0 Å². The van der Waals surface area contributed by atoms with Gasteiger partial charge >= 0.3 is 6.18 Å². The molecule has 4 heteroatoms. The van der Waals surface area contributed by atoms with Gasteiger partial charge in [0.05, 0.1) is 5.56 Å². The van der Waals surface area contributed by atoms with Gasteiger partial charge in [-0.1, -0.05) is 24.3 Å². The van der Waals surface area contributed by atoms with E-state index >= 15 is 0 Å². The molecule has 0 amide bonds. The lowest BCUT2D eigenvalue weighted by Crippen LogP contribution is -2.04. The number of rotatable bonds is 0. The molecule has 1 aromatic carbocycles. The van der Waals surface area contributed by atoms with Crippen molar-refractivity contribution in [2.75, 3.05) is 0 Å². The van der Waals surface area contributed by atoms with Crippen LogP contribution in [-0.4, -0.2) is 0 Å². The molecule has 0 nitrogen and oxygen atoms in total. The summed E-state index contributed by atoms with van der Waals surface area (Å²) in [7, 11) is 0. The Kier molecular flexibility index (Phi) is 2.04. The minimum absolute atomic E-state index is 0.208. The fourth-order valence-corrected chi connectivity index (χ4v) is 0.878. The van der Waals surface area contributed by atoms with Gasteiger partial charge in [-0.15, -0.1) is 0 Å². The van der Waals surface area contributed by atoms with Gasteiger partial charge in [0, 0.05) is 0 Å². The van der Waals surface area contributed by atoms with Crippen molar-refractivity contribution < 1.29 is 13.2 Å². The number of hydrogen-bond acceptors (Lipinski definition) is 1. The van der Waals surface area contributed by atoms with Gasteiger partial charge in [0.25, 0.3) is 0 Å². The number of hydrogen-bond donors (Lipinski definition) is 0. The quantitative estimate of drug-likeness (QED) is 0.549. The van der Waals surface area contributed by atoms with Crippen molar-refractivity contribution in [3.63, 3.8) is 0 Å². The second-order valence-electron chi connectivity index (χ2n) is 2.03. The van der Waals surface area contributed by atoms with E-state index in [1.807, 2.05) is 0 Å². The van der Waals surface area contributed by atoms with Crippen molar-refractivity contribution >= 4 is 12.6 Å². The first kappa shape index (κ1) is 8.33. The van der Waals surface area contributed by atoms with Crippen molar-refractivity contribution in [1.82, 2.24) is 0 Å². The molecule has 0 unspecified atom stereocenters. The summed E-state index contributed by atoms with van der Waals surface area (Å²) >= 11 is 4.57. The van der Waals surface area contributed by atoms with Crippen molar-refractivity contribution in [3.05, 3.63) is 29.8 Å². The summed E-state index contributed by atoms with van der Waals surface area (Å²) in [5.41, 5.74) is -0.690. The van der Waals surface area contributed by atoms with E-state index in [1.54, 1.807) is 0 Å². The maximum atomic E-state index is 11.9. The van der Waals surface area contributed by atoms with Gasteiger partial charge in [0.2, 0.25) is 0 Å². The van der Waals surface area contributed by atoms with Crippen LogP contribution in [0.15, 0.2) is 29.2 Å². The minimum atomic E-state index is -4.28. The highest BCUT2D eigenvalue weighted by molar-refractivity contribution is 7.58. The van der Waals surface area contributed by atoms with Crippen molar-refractivity contribution in [2.24, 2.45) is 0 Å². The fraction of sp³-hybridized carbons (Fsp3) is 0.143. The second kappa shape index (κ2) is 2.70. The van der Waals surface area contributed by atoms with Gasteiger partial charge in [-0.3, -0.25) is 0 Å². The maximum absolute atomic E-state index is 11.9. The summed E-state index contributed by atoms with van der Waals surface area (Å²) in [6.07, 6.45) is -4.28. The predicted octanol–water partition coefficient (Wildman–Crippen LogP) is 2.61. The van der Waals surface area contributed by atoms with Crippen LogP contribution < -0.4 is 0 Å². The summed E-state index contributed by atoms with van der Waals surface area (Å²) in [5, 5.41) is 0. The van der Waals surface area contributed by atoms with Gasteiger partial charge < -0.3 is 12.6 Å². The van der Waals surface area contributed by atoms with Gasteiger partial charge in [-0.05, 0) is 0 Å². The summed E-state index contributed by atoms with van der Waals surface area (Å²) in [6, 6.07) is 4.68. The van der Waals surface area contributed by atoms with Crippen LogP contribution in [0, 0.1) is 0 Å². The lowest BCUT2D eigenvalue weighted by Gasteiger charge is -2.10. The molecule has 0 N–H and O–H groups in total. The van der Waals surface area contributed by atoms with Gasteiger partial charge in [-0.2, -0.15) is 18.1 Å². The van der Waals surface area contributed by atoms with Gasteiger partial charge in [-0.25, -0.2) is 0 Å². The van der Waals surface area contributed by atoms with Crippen LogP contribution in [-0.2, 0) is 18.8 Å². The largest absolute Gasteiger partial charge is 0.780 e. The molecule has 60 valence electrons. The molecule has 1 rings (SSSR count). The average Bonchev–Trinajstić information content (AvgIpc) is 1.86. The first-order valence-electron chi connectivity index (χ1n) is 2.84. The fourth-order valence-electron chi connectivity index (χ4n) is 0.672. The van der Waals surface area contributed by atoms with Crippen LogP contribution in [0.3, 0.4) is 0 Å². The number of benzene rings is 1. The Morgan fingerprint density at radius 1 is 1.18 bits per heavy atom. The monoisotopic (exact) mass is 177 g/mol. The molecule has 1 aromatic rings. The molecule has 11 heavy (non-hydrogen) atoms. The van der Waals surface area contributed by atoms with Crippen LogP contribution in [0.5, 0.6) is 0 Å². The lowest BCUT2D eigenvalue weighted by molar-refractivity contribution is -0.137. The molecule has 0 radical (unpaired) electrons. The van der Waals surface area contributed by atoms with Crippen molar-refractivity contribution in [3.8, 4) is 0 Å². The Morgan fingerprint density at radius 3 is 2.18 bits per heavy atom. The maximum Gasteiger partial charge on any atom is 0.416 e. The highest BCUT2D eigenvalue weighted by Crippen LogP contribution is 2.29. The number of halogens is 3. The second-order valence-corrected chi connectivity index (χ2v) is 2.50. The molecular formula is C7H4F3S-. The molecule has 0 fully saturated rings. The normalized spacial score (nSPS) is 11.5. The zero-order chi connectivity index (χ0) is 8.48. The molecule has 0 aromatic heterocycles. The summed E-state index contributed by atoms with van der Waals surface area (Å²) < 4.78 is 35.8. The van der Waals surface area contributed by atoms with E-state index in [4.69, 9.17) is 0 Å². The predicted molar refractivity (Wildman–Crippen MR) is 37.1 cm³/mol. The third-order valence-corrected chi connectivity index (χ3v) is 1.42. The Labute approximate surface area is 67.4 Å². The average molecular weight is 177 g/mol. The Balaban J connectivity index is 3.06. The number of alkyl halides is 3. The molecule has 0 aliphatic rings. The van der Waals surface area contributed by atoms with E-state index in [1.165, 1.54) is 12.1 Å². The van der Waals surface area contributed by atoms with Crippen LogP contribution in [0.25, 0.3) is 0 Å². The summed E-state index contributed by atoms with van der Waals surface area (Å²) in [4.78, 5) is 0.208. The van der Waals surface area contributed by atoms with E-state index in [0.717, 1.165) is 12.1 Å².